The first-order valence-electron chi connectivity index (χ1n) is 9.37. The van der Waals surface area contributed by atoms with E-state index in [0.29, 0.717) is 18.9 Å². The molecule has 5 rings (SSSR count). The number of nitrogens with one attached hydrogen (secondary N) is 2. The van der Waals surface area contributed by atoms with Crippen molar-refractivity contribution in [3.8, 4) is 0 Å². The van der Waals surface area contributed by atoms with Crippen LogP contribution in [0.3, 0.4) is 0 Å². The van der Waals surface area contributed by atoms with Crippen molar-refractivity contribution in [1.82, 2.24) is 20.4 Å². The standard InChI is InChI=1S/C19H28N4O2/c24-10-4-7-20-18(25)21-17-15-11-22-8-9-23(12-15)14-19(17,13-22)16-5-2-1-3-6-16/h1-3,5-6,15,17,24H,4,7-14H2,(H2,20,21,25). The highest BCUT2D eigenvalue weighted by Crippen LogP contribution is 2.43. The fraction of sp³-hybridized carbons (Fsp3) is 0.632. The molecule has 1 aromatic rings. The Bertz CT molecular complexity index is 593. The number of carbonyl (C=O) groups is 1. The van der Waals surface area contributed by atoms with E-state index in [1.807, 2.05) is 0 Å². The van der Waals surface area contributed by atoms with Gasteiger partial charge in [0.1, 0.15) is 0 Å². The summed E-state index contributed by atoms with van der Waals surface area (Å²) in [5.74, 6) is 0.453. The number of carbonyl (C=O) groups excluding carboxylic acids is 1. The summed E-state index contributed by atoms with van der Waals surface area (Å²) in [4.78, 5) is 17.6. The van der Waals surface area contributed by atoms with Crippen LogP contribution in [-0.4, -0.2) is 79.4 Å². The highest BCUT2D eigenvalue weighted by molar-refractivity contribution is 5.74. The van der Waals surface area contributed by atoms with E-state index in [9.17, 15) is 4.79 Å². The average molecular weight is 344 g/mol. The number of piperidine rings is 2. The minimum absolute atomic E-state index is 0.0484. The van der Waals surface area contributed by atoms with Crippen LogP contribution in [0.2, 0.25) is 0 Å². The van der Waals surface area contributed by atoms with Crippen molar-refractivity contribution in [3.05, 3.63) is 35.9 Å². The summed E-state index contributed by atoms with van der Waals surface area (Å²) in [5.41, 5.74) is 1.28. The van der Waals surface area contributed by atoms with Crippen LogP contribution in [0.25, 0.3) is 0 Å². The maximum absolute atomic E-state index is 12.4. The molecule has 4 fully saturated rings. The summed E-state index contributed by atoms with van der Waals surface area (Å²) >= 11 is 0. The maximum atomic E-state index is 12.4. The molecule has 0 saturated carbocycles. The second-order valence-electron chi connectivity index (χ2n) is 7.71. The Morgan fingerprint density at radius 3 is 2.48 bits per heavy atom. The third-order valence-electron chi connectivity index (χ3n) is 6.05. The van der Waals surface area contributed by atoms with E-state index in [1.165, 1.54) is 5.56 Å². The largest absolute Gasteiger partial charge is 0.396 e. The monoisotopic (exact) mass is 344 g/mol. The number of hydrogen-bond acceptors (Lipinski definition) is 4. The quantitative estimate of drug-likeness (QED) is 0.669. The van der Waals surface area contributed by atoms with Gasteiger partial charge in [-0.3, -0.25) is 0 Å². The van der Waals surface area contributed by atoms with Gasteiger partial charge < -0.3 is 25.5 Å². The third-order valence-corrected chi connectivity index (χ3v) is 6.05. The van der Waals surface area contributed by atoms with Crippen LogP contribution in [0.1, 0.15) is 12.0 Å². The van der Waals surface area contributed by atoms with E-state index in [-0.39, 0.29) is 24.1 Å². The Morgan fingerprint density at radius 2 is 1.84 bits per heavy atom. The molecule has 4 heterocycles. The highest BCUT2D eigenvalue weighted by atomic mass is 16.3. The van der Waals surface area contributed by atoms with Gasteiger partial charge in [-0.05, 0) is 12.0 Å². The zero-order valence-electron chi connectivity index (χ0n) is 14.7. The highest BCUT2D eigenvalue weighted by Gasteiger charge is 2.55. The van der Waals surface area contributed by atoms with Gasteiger partial charge in [0.05, 0.1) is 0 Å². The molecule has 4 saturated heterocycles. The predicted octanol–water partition coefficient (Wildman–Crippen LogP) is 0.236. The minimum atomic E-state index is -0.107. The molecule has 0 radical (unpaired) electrons. The second-order valence-corrected chi connectivity index (χ2v) is 7.71. The molecule has 4 aliphatic heterocycles. The molecule has 136 valence electrons. The number of amides is 2. The zero-order chi connectivity index (χ0) is 17.3. The molecule has 0 aromatic heterocycles. The van der Waals surface area contributed by atoms with Gasteiger partial charge in [0.25, 0.3) is 0 Å². The molecule has 0 spiro atoms. The van der Waals surface area contributed by atoms with E-state index in [1.54, 1.807) is 0 Å². The maximum Gasteiger partial charge on any atom is 0.315 e. The molecule has 2 amide bonds. The smallest absolute Gasteiger partial charge is 0.315 e. The molecule has 3 unspecified atom stereocenters. The lowest BCUT2D eigenvalue weighted by molar-refractivity contribution is 0.0230. The summed E-state index contributed by atoms with van der Waals surface area (Å²) in [6, 6.07) is 10.7. The minimum Gasteiger partial charge on any atom is -0.396 e. The van der Waals surface area contributed by atoms with Gasteiger partial charge >= 0.3 is 6.03 Å². The van der Waals surface area contributed by atoms with Gasteiger partial charge in [0.15, 0.2) is 0 Å². The van der Waals surface area contributed by atoms with E-state index >= 15 is 0 Å². The van der Waals surface area contributed by atoms with Crippen LogP contribution in [0.5, 0.6) is 0 Å². The number of fused-ring (bicyclic) bond motifs is 1. The van der Waals surface area contributed by atoms with E-state index in [2.05, 4.69) is 50.8 Å². The molecule has 0 aliphatic carbocycles. The first-order chi connectivity index (χ1) is 12.2. The van der Waals surface area contributed by atoms with Crippen LogP contribution >= 0.6 is 0 Å². The van der Waals surface area contributed by atoms with Gasteiger partial charge in [-0.25, -0.2) is 4.79 Å². The summed E-state index contributed by atoms with van der Waals surface area (Å²) in [5, 5.41) is 15.1. The lowest BCUT2D eigenvalue weighted by Crippen LogP contribution is -2.71. The molecular weight excluding hydrogens is 316 g/mol. The second kappa shape index (κ2) is 6.94. The molecule has 1 aromatic carbocycles. The first-order valence-corrected chi connectivity index (χ1v) is 9.37. The number of urea groups is 1. The molecule has 6 heteroatoms. The van der Waals surface area contributed by atoms with Gasteiger partial charge in [-0.15, -0.1) is 0 Å². The summed E-state index contributed by atoms with van der Waals surface area (Å²) < 4.78 is 0. The summed E-state index contributed by atoms with van der Waals surface area (Å²) in [6.45, 7) is 7.00. The lowest BCUT2D eigenvalue weighted by Gasteiger charge is -2.55. The van der Waals surface area contributed by atoms with Crippen LogP contribution in [0, 0.1) is 5.92 Å². The van der Waals surface area contributed by atoms with Gasteiger partial charge in [0.2, 0.25) is 0 Å². The van der Waals surface area contributed by atoms with Crippen molar-refractivity contribution in [3.63, 3.8) is 0 Å². The van der Waals surface area contributed by atoms with E-state index < -0.39 is 0 Å². The molecule has 3 atom stereocenters. The van der Waals surface area contributed by atoms with Crippen molar-refractivity contribution in [1.29, 1.82) is 0 Å². The van der Waals surface area contributed by atoms with Crippen molar-refractivity contribution in [2.24, 2.45) is 5.92 Å². The zero-order valence-corrected chi connectivity index (χ0v) is 14.7. The Balaban J connectivity index is 1.61. The van der Waals surface area contributed by atoms with Gasteiger partial charge in [0, 0.05) is 69.8 Å². The fourth-order valence-electron chi connectivity index (χ4n) is 5.04. The van der Waals surface area contributed by atoms with Crippen molar-refractivity contribution < 1.29 is 9.90 Å². The number of nitrogens with zero attached hydrogens (tertiary/aromatic N) is 2. The molecule has 6 nitrogen and oxygen atoms in total. The number of aliphatic hydroxyl groups is 1. The Kier molecular flexibility index (Phi) is 4.67. The number of hydrogen-bond donors (Lipinski definition) is 3. The molecule has 3 N–H and O–H groups in total. The topological polar surface area (TPSA) is 67.8 Å². The lowest BCUT2D eigenvalue weighted by atomic mass is 9.64. The Hall–Kier alpha value is -1.63. The molecule has 25 heavy (non-hydrogen) atoms. The van der Waals surface area contributed by atoms with Crippen LogP contribution in [0.15, 0.2) is 30.3 Å². The van der Waals surface area contributed by atoms with Gasteiger partial charge in [-0.1, -0.05) is 30.3 Å². The van der Waals surface area contributed by atoms with E-state index in [4.69, 9.17) is 5.11 Å². The number of rotatable bonds is 5. The Morgan fingerprint density at radius 1 is 1.16 bits per heavy atom. The fourth-order valence-corrected chi connectivity index (χ4v) is 5.04. The van der Waals surface area contributed by atoms with Crippen molar-refractivity contribution >= 4 is 6.03 Å². The van der Waals surface area contributed by atoms with Crippen LogP contribution < -0.4 is 10.6 Å². The molecular formula is C19H28N4O2. The predicted molar refractivity (Wildman–Crippen MR) is 96.5 cm³/mol. The average Bonchev–Trinajstić information content (AvgIpc) is 2.87. The Labute approximate surface area is 149 Å². The SMILES string of the molecule is O=C(NCCCO)NC1C2CN3CCN(C2)CC1(c1ccccc1)C3. The number of benzene rings is 1. The van der Waals surface area contributed by atoms with Crippen molar-refractivity contribution in [2.45, 2.75) is 17.9 Å². The normalized spacial score (nSPS) is 36.0. The summed E-state index contributed by atoms with van der Waals surface area (Å²) in [6.07, 6.45) is 0.590. The van der Waals surface area contributed by atoms with Crippen LogP contribution in [-0.2, 0) is 5.41 Å². The molecule has 4 aliphatic rings. The third kappa shape index (κ3) is 3.14. The summed E-state index contributed by atoms with van der Waals surface area (Å²) in [7, 11) is 0. The number of aliphatic hydroxyl groups excluding tert-OH is 1. The van der Waals surface area contributed by atoms with Crippen LogP contribution in [0.4, 0.5) is 4.79 Å². The van der Waals surface area contributed by atoms with Crippen molar-refractivity contribution in [2.75, 3.05) is 52.4 Å². The van der Waals surface area contributed by atoms with Gasteiger partial charge in [-0.2, -0.15) is 0 Å². The first kappa shape index (κ1) is 16.8. The molecule has 4 bridgehead atoms. The van der Waals surface area contributed by atoms with E-state index in [0.717, 1.165) is 39.3 Å².